The third-order valence-electron chi connectivity index (χ3n) is 4.74. The number of nitrogens with one attached hydrogen (secondary N) is 1. The molecule has 0 aliphatic carbocycles. The zero-order valence-electron chi connectivity index (χ0n) is 23.3. The Hall–Kier alpha value is -1.49. The predicted octanol–water partition coefficient (Wildman–Crippen LogP) is 4.88. The van der Waals surface area contributed by atoms with Gasteiger partial charge in [-0.1, -0.05) is 38.7 Å². The fourth-order valence-electron chi connectivity index (χ4n) is 3.12. The van der Waals surface area contributed by atoms with E-state index in [1.807, 2.05) is 0 Å². The Morgan fingerprint density at radius 1 is 1.03 bits per heavy atom. The monoisotopic (exact) mass is 552 g/mol. The topological polar surface area (TPSA) is 145 Å². The van der Waals surface area contributed by atoms with Crippen LogP contribution in [0.3, 0.4) is 0 Å². The molecule has 12 heteroatoms. The second kappa shape index (κ2) is 20.5. The van der Waals surface area contributed by atoms with Crippen molar-refractivity contribution in [1.82, 2.24) is 5.32 Å². The lowest BCUT2D eigenvalue weighted by Gasteiger charge is -2.25. The molecule has 0 aliphatic rings. The van der Waals surface area contributed by atoms with Gasteiger partial charge < -0.3 is 25.3 Å². The fraction of sp³-hybridized carbons (Fsp3) is 0.840. The molecule has 1 amide bonds. The second-order valence-electron chi connectivity index (χ2n) is 9.59. The Morgan fingerprint density at radius 2 is 1.73 bits per heavy atom. The van der Waals surface area contributed by atoms with E-state index >= 15 is 0 Å². The summed E-state index contributed by atoms with van der Waals surface area (Å²) in [6, 6.07) is -0.724. The number of unbranched alkanes of at least 4 members (excludes halogenated alkanes) is 4. The molecule has 0 aromatic carbocycles. The minimum atomic E-state index is -3.94. The highest BCUT2D eigenvalue weighted by molar-refractivity contribution is 7.48. The maximum absolute atomic E-state index is 12.8. The highest BCUT2D eigenvalue weighted by Gasteiger charge is 2.29. The number of carbonyl (C=O) groups is 2. The van der Waals surface area contributed by atoms with Gasteiger partial charge in [-0.3, -0.25) is 18.4 Å². The first-order valence-corrected chi connectivity index (χ1v) is 14.5. The van der Waals surface area contributed by atoms with E-state index in [1.165, 1.54) is 25.8 Å². The van der Waals surface area contributed by atoms with Crippen LogP contribution in [0, 0.1) is 0 Å². The van der Waals surface area contributed by atoms with E-state index in [0.717, 1.165) is 25.7 Å². The van der Waals surface area contributed by atoms with Crippen molar-refractivity contribution in [2.24, 2.45) is 5.73 Å². The third-order valence-corrected chi connectivity index (χ3v) is 6.17. The first kappa shape index (κ1) is 35.5. The third kappa shape index (κ3) is 21.2. The summed E-state index contributed by atoms with van der Waals surface area (Å²) < 4.78 is 45.1. The highest BCUT2D eigenvalue weighted by Crippen LogP contribution is 2.49. The van der Waals surface area contributed by atoms with Crippen LogP contribution < -0.4 is 11.1 Å². The van der Waals surface area contributed by atoms with Crippen LogP contribution in [-0.4, -0.2) is 69.4 Å². The number of carbonyl (C=O) groups excluding carboxylic acids is 2. The summed E-state index contributed by atoms with van der Waals surface area (Å²) in [7, 11) is -3.94. The van der Waals surface area contributed by atoms with Crippen LogP contribution in [0.4, 0.5) is 4.79 Å². The van der Waals surface area contributed by atoms with Crippen molar-refractivity contribution >= 4 is 19.9 Å². The number of hydrogen-bond acceptors (Lipinski definition) is 10. The molecule has 0 saturated heterocycles. The van der Waals surface area contributed by atoms with Gasteiger partial charge >= 0.3 is 19.9 Å². The van der Waals surface area contributed by atoms with Crippen LogP contribution >= 0.6 is 7.82 Å². The van der Waals surface area contributed by atoms with Gasteiger partial charge in [-0.2, -0.15) is 0 Å². The summed E-state index contributed by atoms with van der Waals surface area (Å²) in [5, 5.41) is 2.66. The van der Waals surface area contributed by atoms with Gasteiger partial charge in [0, 0.05) is 19.9 Å². The molecule has 1 unspecified atom stereocenters. The van der Waals surface area contributed by atoms with Gasteiger partial charge in [-0.25, -0.2) is 9.36 Å². The van der Waals surface area contributed by atoms with Crippen molar-refractivity contribution < 1.29 is 41.9 Å². The number of phosphoric ester groups is 1. The van der Waals surface area contributed by atoms with Crippen LogP contribution in [0.15, 0.2) is 12.7 Å². The normalized spacial score (nSPS) is 14.9. The number of esters is 1. The minimum absolute atomic E-state index is 0.0287. The molecule has 3 N–H and O–H groups in total. The molecule has 0 rings (SSSR count). The number of amides is 1. The summed E-state index contributed by atoms with van der Waals surface area (Å²) in [4.78, 5) is 23.8. The van der Waals surface area contributed by atoms with Gasteiger partial charge in [0.25, 0.3) is 0 Å². The zero-order valence-corrected chi connectivity index (χ0v) is 24.2. The van der Waals surface area contributed by atoms with E-state index in [9.17, 15) is 14.2 Å². The van der Waals surface area contributed by atoms with Gasteiger partial charge in [0.05, 0.1) is 39.1 Å². The second-order valence-corrected chi connectivity index (χ2v) is 11.3. The largest absolute Gasteiger partial charge is 0.475 e. The van der Waals surface area contributed by atoms with Crippen molar-refractivity contribution in [2.75, 3.05) is 39.6 Å². The molecule has 0 aliphatic heterocycles. The molecule has 0 aromatic heterocycles. The molecule has 218 valence electrons. The van der Waals surface area contributed by atoms with Gasteiger partial charge in [0.1, 0.15) is 11.7 Å². The standard InChI is InChI=1S/C25H49N2O9P/c1-7-9-10-11-12-13-23(35-21(3)28)14-17-31-19-22(27-24(29)36-25(4,5)6)20-34-37(30,32-16-8-2)33-18-15-26/h8,22-23H,2,7,9-20,26H2,1,3-6H3,(H,27,29)/t22-,23-,37?/m1/s1. The number of nitrogens with two attached hydrogens (primary N) is 1. The number of alkyl carbamates (subject to hydrolysis) is 1. The van der Waals surface area contributed by atoms with Gasteiger partial charge in [-0.15, -0.1) is 6.58 Å². The lowest BCUT2D eigenvalue weighted by Crippen LogP contribution is -2.44. The summed E-state index contributed by atoms with van der Waals surface area (Å²) in [6.07, 6.45) is 7.33. The first-order chi connectivity index (χ1) is 17.4. The number of hydrogen-bond donors (Lipinski definition) is 2. The Balaban J connectivity index is 5.00. The van der Waals surface area contributed by atoms with Crippen molar-refractivity contribution in [3.05, 3.63) is 12.7 Å². The molecule has 0 heterocycles. The van der Waals surface area contributed by atoms with E-state index < -0.39 is 25.6 Å². The predicted molar refractivity (Wildman–Crippen MR) is 142 cm³/mol. The maximum Gasteiger partial charge on any atom is 0.475 e. The van der Waals surface area contributed by atoms with Crippen LogP contribution in [0.2, 0.25) is 0 Å². The zero-order chi connectivity index (χ0) is 28.2. The van der Waals surface area contributed by atoms with Gasteiger partial charge in [-0.05, 0) is 33.6 Å². The van der Waals surface area contributed by atoms with Crippen molar-refractivity contribution in [2.45, 2.75) is 97.3 Å². The Morgan fingerprint density at radius 3 is 2.32 bits per heavy atom. The van der Waals surface area contributed by atoms with Crippen molar-refractivity contribution in [3.63, 3.8) is 0 Å². The molecule has 0 spiro atoms. The Kier molecular flexibility index (Phi) is 19.6. The lowest BCUT2D eigenvalue weighted by molar-refractivity contribution is -0.147. The van der Waals surface area contributed by atoms with Gasteiger partial charge in [0.15, 0.2) is 0 Å². The van der Waals surface area contributed by atoms with E-state index in [4.69, 9.17) is 33.5 Å². The fourth-order valence-corrected chi connectivity index (χ4v) is 4.32. The molecule has 0 aromatic rings. The number of ether oxygens (including phenoxy) is 3. The van der Waals surface area contributed by atoms with Crippen LogP contribution in [0.1, 0.15) is 79.6 Å². The molecule has 0 saturated carbocycles. The molecule has 0 bridgehead atoms. The summed E-state index contributed by atoms with van der Waals surface area (Å²) in [5.74, 6) is -0.329. The molecule has 11 nitrogen and oxygen atoms in total. The quantitative estimate of drug-likeness (QED) is 0.0825. The lowest BCUT2D eigenvalue weighted by atomic mass is 10.1. The number of phosphoric acid groups is 1. The minimum Gasteiger partial charge on any atom is -0.462 e. The summed E-state index contributed by atoms with van der Waals surface area (Å²) >= 11 is 0. The average Bonchev–Trinajstić information content (AvgIpc) is 2.80. The molecule has 3 atom stereocenters. The molecular weight excluding hydrogens is 503 g/mol. The van der Waals surface area contributed by atoms with Gasteiger partial charge in [0.2, 0.25) is 0 Å². The molecule has 0 fully saturated rings. The Labute approximate surface area is 222 Å². The highest BCUT2D eigenvalue weighted by atomic mass is 31.2. The van der Waals surface area contributed by atoms with E-state index in [0.29, 0.717) is 6.42 Å². The average molecular weight is 553 g/mol. The van der Waals surface area contributed by atoms with E-state index in [-0.39, 0.29) is 51.7 Å². The summed E-state index contributed by atoms with van der Waals surface area (Å²) in [6.45, 7) is 12.4. The maximum atomic E-state index is 12.8. The SMILES string of the molecule is C=CCOP(=O)(OCCN)OC[C@@H](COCC[C@@H](CCCCCCC)OC(C)=O)NC(=O)OC(C)(C)C. The molecule has 37 heavy (non-hydrogen) atoms. The van der Waals surface area contributed by atoms with Crippen molar-refractivity contribution in [3.8, 4) is 0 Å². The van der Waals surface area contributed by atoms with E-state index in [2.05, 4.69) is 18.8 Å². The van der Waals surface area contributed by atoms with Crippen molar-refractivity contribution in [1.29, 1.82) is 0 Å². The molecular formula is C25H49N2O9P. The van der Waals surface area contributed by atoms with E-state index in [1.54, 1.807) is 20.8 Å². The summed E-state index contributed by atoms with van der Waals surface area (Å²) in [5.41, 5.74) is 4.72. The first-order valence-electron chi connectivity index (χ1n) is 13.0. The molecule has 0 radical (unpaired) electrons. The van der Waals surface area contributed by atoms with Crippen LogP contribution in [-0.2, 0) is 37.1 Å². The number of rotatable bonds is 22. The smallest absolute Gasteiger partial charge is 0.462 e. The Bertz CT molecular complexity index is 686. The van der Waals surface area contributed by atoms with Crippen LogP contribution in [0.25, 0.3) is 0 Å². The van der Waals surface area contributed by atoms with Crippen LogP contribution in [0.5, 0.6) is 0 Å².